The lowest BCUT2D eigenvalue weighted by molar-refractivity contribution is 0.789. The Morgan fingerprint density at radius 2 is 2.27 bits per heavy atom. The predicted molar refractivity (Wildman–Crippen MR) is 68.7 cm³/mol. The summed E-state index contributed by atoms with van der Waals surface area (Å²) in [5.41, 5.74) is 6.68. The van der Waals surface area contributed by atoms with Gasteiger partial charge in [-0.3, -0.25) is 0 Å². The van der Waals surface area contributed by atoms with E-state index in [-0.39, 0.29) is 0 Å². The zero-order valence-electron chi connectivity index (χ0n) is 8.01. The number of rotatable bonds is 2. The summed E-state index contributed by atoms with van der Waals surface area (Å²) in [6.07, 6.45) is 1.67. The summed E-state index contributed by atoms with van der Waals surface area (Å²) in [4.78, 5) is 1.01. The lowest BCUT2D eigenvalue weighted by Crippen LogP contribution is -1.92. The molecule has 1 aromatic carbocycles. The number of hydrogen-bond donors (Lipinski definition) is 1. The largest absolute Gasteiger partial charge is 0.398 e. The van der Waals surface area contributed by atoms with E-state index in [9.17, 15) is 0 Å². The fourth-order valence-electron chi connectivity index (χ4n) is 1.08. The van der Waals surface area contributed by atoms with Crippen molar-refractivity contribution >= 4 is 40.0 Å². The van der Waals surface area contributed by atoms with Crippen LogP contribution in [0.2, 0.25) is 0 Å². The maximum Gasteiger partial charge on any atom is 0.195 e. The summed E-state index contributed by atoms with van der Waals surface area (Å²) in [7, 11) is 1.91. The Morgan fingerprint density at radius 1 is 1.47 bits per heavy atom. The average molecular weight is 332 g/mol. The molecule has 15 heavy (non-hydrogen) atoms. The van der Waals surface area contributed by atoms with Crippen LogP contribution in [0.15, 0.2) is 34.6 Å². The highest BCUT2D eigenvalue weighted by atomic mass is 127. The van der Waals surface area contributed by atoms with Crippen LogP contribution >= 0.6 is 34.4 Å². The number of aryl methyl sites for hydroxylation is 1. The van der Waals surface area contributed by atoms with Crippen LogP contribution in [0.5, 0.6) is 0 Å². The summed E-state index contributed by atoms with van der Waals surface area (Å²) in [5, 5.41) is 8.64. The maximum absolute atomic E-state index is 5.90. The minimum Gasteiger partial charge on any atom is -0.398 e. The molecule has 0 aliphatic heterocycles. The van der Waals surface area contributed by atoms with Gasteiger partial charge in [0, 0.05) is 21.2 Å². The standard InChI is InChI=1S/C9H9IN4S/c1-14-5-12-13-9(14)15-8-3-2-6(10)4-7(8)11/h2-5H,11H2,1H3. The highest BCUT2D eigenvalue weighted by molar-refractivity contribution is 14.1. The molecule has 0 bridgehead atoms. The highest BCUT2D eigenvalue weighted by Crippen LogP contribution is 2.31. The van der Waals surface area contributed by atoms with Crippen molar-refractivity contribution in [3.05, 3.63) is 28.1 Å². The van der Waals surface area contributed by atoms with E-state index in [1.165, 1.54) is 11.8 Å². The normalized spacial score (nSPS) is 10.5. The van der Waals surface area contributed by atoms with Gasteiger partial charge in [-0.05, 0) is 52.6 Å². The first-order valence-corrected chi connectivity index (χ1v) is 6.13. The van der Waals surface area contributed by atoms with E-state index in [1.807, 2.05) is 29.8 Å². The van der Waals surface area contributed by atoms with Crippen LogP contribution in [0.3, 0.4) is 0 Å². The van der Waals surface area contributed by atoms with Gasteiger partial charge in [0.2, 0.25) is 0 Å². The predicted octanol–water partition coefficient (Wildman–Crippen LogP) is 2.15. The number of aromatic nitrogens is 3. The number of hydrogen-bond acceptors (Lipinski definition) is 4. The fourth-order valence-corrected chi connectivity index (χ4v) is 2.38. The SMILES string of the molecule is Cn1cnnc1Sc1ccc(I)cc1N. The van der Waals surface area contributed by atoms with Crippen LogP contribution in [0, 0.1) is 3.57 Å². The number of nitrogens with two attached hydrogens (primary N) is 1. The Hall–Kier alpha value is -0.760. The molecule has 0 aliphatic carbocycles. The molecule has 0 saturated carbocycles. The first kappa shape index (κ1) is 10.7. The van der Waals surface area contributed by atoms with E-state index in [0.717, 1.165) is 19.3 Å². The third-order valence-corrected chi connectivity index (χ3v) is 3.66. The van der Waals surface area contributed by atoms with E-state index in [4.69, 9.17) is 5.73 Å². The Balaban J connectivity index is 2.29. The molecule has 0 fully saturated rings. The first-order valence-electron chi connectivity index (χ1n) is 4.23. The maximum atomic E-state index is 5.90. The smallest absolute Gasteiger partial charge is 0.195 e. The molecule has 0 amide bonds. The number of nitrogen functional groups attached to an aromatic ring is 1. The molecule has 1 heterocycles. The molecule has 1 aromatic heterocycles. The summed E-state index contributed by atoms with van der Waals surface area (Å²) in [5.74, 6) is 0. The highest BCUT2D eigenvalue weighted by Gasteiger charge is 2.06. The van der Waals surface area contributed by atoms with Gasteiger partial charge in [0.15, 0.2) is 5.16 Å². The van der Waals surface area contributed by atoms with E-state index in [2.05, 4.69) is 32.8 Å². The van der Waals surface area contributed by atoms with Gasteiger partial charge in [0.25, 0.3) is 0 Å². The van der Waals surface area contributed by atoms with Crippen LogP contribution < -0.4 is 5.73 Å². The second-order valence-electron chi connectivity index (χ2n) is 3.01. The molecule has 0 saturated heterocycles. The van der Waals surface area contributed by atoms with E-state index >= 15 is 0 Å². The summed E-state index contributed by atoms with van der Waals surface area (Å²) >= 11 is 3.75. The minimum atomic E-state index is 0.773. The van der Waals surface area contributed by atoms with Crippen LogP contribution in [-0.4, -0.2) is 14.8 Å². The number of halogens is 1. The van der Waals surface area contributed by atoms with Crippen molar-refractivity contribution < 1.29 is 0 Å². The number of benzene rings is 1. The van der Waals surface area contributed by atoms with Crippen molar-refractivity contribution in [1.82, 2.24) is 14.8 Å². The van der Waals surface area contributed by atoms with Crippen molar-refractivity contribution in [2.24, 2.45) is 7.05 Å². The Labute approximate surface area is 105 Å². The molecule has 2 rings (SSSR count). The molecule has 78 valence electrons. The van der Waals surface area contributed by atoms with Gasteiger partial charge in [-0.1, -0.05) is 0 Å². The van der Waals surface area contributed by atoms with Gasteiger partial charge in [-0.15, -0.1) is 10.2 Å². The topological polar surface area (TPSA) is 56.7 Å². The van der Waals surface area contributed by atoms with E-state index < -0.39 is 0 Å². The molecule has 0 aliphatic rings. The molecule has 0 unspecified atom stereocenters. The van der Waals surface area contributed by atoms with Crippen LogP contribution in [0.25, 0.3) is 0 Å². The molecule has 2 N–H and O–H groups in total. The average Bonchev–Trinajstić information content (AvgIpc) is 2.57. The van der Waals surface area contributed by atoms with Crippen molar-refractivity contribution in [1.29, 1.82) is 0 Å². The van der Waals surface area contributed by atoms with Gasteiger partial charge in [-0.2, -0.15) is 0 Å². The van der Waals surface area contributed by atoms with Crippen molar-refractivity contribution in [3.63, 3.8) is 0 Å². The van der Waals surface area contributed by atoms with Crippen molar-refractivity contribution in [3.8, 4) is 0 Å². The molecule has 6 heteroatoms. The molecule has 0 spiro atoms. The summed E-state index contributed by atoms with van der Waals surface area (Å²) in [6, 6.07) is 5.96. The van der Waals surface area contributed by atoms with Gasteiger partial charge in [0.1, 0.15) is 6.33 Å². The molecule has 0 atom stereocenters. The first-order chi connectivity index (χ1) is 7.16. The third kappa shape index (κ3) is 2.43. The second-order valence-corrected chi connectivity index (χ2v) is 5.26. The minimum absolute atomic E-state index is 0.773. The van der Waals surface area contributed by atoms with Gasteiger partial charge < -0.3 is 10.3 Å². The summed E-state index contributed by atoms with van der Waals surface area (Å²) < 4.78 is 3.00. The third-order valence-electron chi connectivity index (χ3n) is 1.84. The van der Waals surface area contributed by atoms with Crippen molar-refractivity contribution in [2.75, 3.05) is 5.73 Å². The van der Waals surface area contributed by atoms with Crippen molar-refractivity contribution in [2.45, 2.75) is 10.1 Å². The Kier molecular flexibility index (Phi) is 3.15. The molecular weight excluding hydrogens is 323 g/mol. The molecular formula is C9H9IN4S. The lowest BCUT2D eigenvalue weighted by atomic mass is 10.3. The zero-order valence-corrected chi connectivity index (χ0v) is 11.0. The Bertz CT molecular complexity index is 483. The molecule has 2 aromatic rings. The van der Waals surface area contributed by atoms with Crippen LogP contribution in [0.1, 0.15) is 0 Å². The Morgan fingerprint density at radius 3 is 2.87 bits per heavy atom. The molecule has 4 nitrogen and oxygen atoms in total. The number of anilines is 1. The fraction of sp³-hybridized carbons (Fsp3) is 0.111. The zero-order chi connectivity index (χ0) is 10.8. The number of nitrogens with zero attached hydrogens (tertiary/aromatic N) is 3. The lowest BCUT2D eigenvalue weighted by Gasteiger charge is -2.04. The van der Waals surface area contributed by atoms with Gasteiger partial charge in [-0.25, -0.2) is 0 Å². The van der Waals surface area contributed by atoms with E-state index in [0.29, 0.717) is 0 Å². The van der Waals surface area contributed by atoms with Gasteiger partial charge in [0.05, 0.1) is 0 Å². The van der Waals surface area contributed by atoms with E-state index in [1.54, 1.807) is 6.33 Å². The van der Waals surface area contributed by atoms with Crippen LogP contribution in [0.4, 0.5) is 5.69 Å². The van der Waals surface area contributed by atoms with Crippen LogP contribution in [-0.2, 0) is 7.05 Å². The monoisotopic (exact) mass is 332 g/mol. The quantitative estimate of drug-likeness (QED) is 0.676. The molecule has 0 radical (unpaired) electrons. The summed E-state index contributed by atoms with van der Waals surface area (Å²) in [6.45, 7) is 0. The second kappa shape index (κ2) is 4.40. The van der Waals surface area contributed by atoms with Gasteiger partial charge >= 0.3 is 0 Å².